The third kappa shape index (κ3) is 4.64. The number of amides is 1. The Bertz CT molecular complexity index is 287. The van der Waals surface area contributed by atoms with Crippen LogP contribution in [0.1, 0.15) is 45.4 Å². The largest absolute Gasteiger partial charge is 0.480 e. The first-order chi connectivity index (χ1) is 8.54. The average Bonchev–Trinajstić information content (AvgIpc) is 2.35. The van der Waals surface area contributed by atoms with Crippen LogP contribution in [0.3, 0.4) is 0 Å². The highest BCUT2D eigenvalue weighted by Gasteiger charge is 2.26. The molecule has 0 aromatic rings. The summed E-state index contributed by atoms with van der Waals surface area (Å²) in [5.41, 5.74) is 0. The summed E-state index contributed by atoms with van der Waals surface area (Å²) < 4.78 is 5.82. The summed E-state index contributed by atoms with van der Waals surface area (Å²) >= 11 is 0. The Kier molecular flexibility index (Phi) is 6.12. The Balaban J connectivity index is 2.47. The maximum atomic E-state index is 12.0. The van der Waals surface area contributed by atoms with Gasteiger partial charge in [0, 0.05) is 7.05 Å². The van der Waals surface area contributed by atoms with Gasteiger partial charge >= 0.3 is 5.97 Å². The molecular weight excluding hydrogens is 234 g/mol. The van der Waals surface area contributed by atoms with E-state index < -0.39 is 12.1 Å². The van der Waals surface area contributed by atoms with Crippen molar-refractivity contribution in [3.8, 4) is 0 Å². The van der Waals surface area contributed by atoms with E-state index in [0.29, 0.717) is 6.42 Å². The van der Waals surface area contributed by atoms with E-state index in [1.165, 1.54) is 18.4 Å². The molecule has 1 saturated carbocycles. The summed E-state index contributed by atoms with van der Waals surface area (Å²) in [6.07, 6.45) is 5.80. The monoisotopic (exact) mass is 257 g/mol. The second-order valence-corrected chi connectivity index (χ2v) is 4.88. The van der Waals surface area contributed by atoms with E-state index in [-0.39, 0.29) is 18.6 Å². The Morgan fingerprint density at radius 1 is 1.33 bits per heavy atom. The number of carboxylic acids is 1. The quantitative estimate of drug-likeness (QED) is 0.785. The van der Waals surface area contributed by atoms with Crippen LogP contribution in [-0.4, -0.2) is 47.7 Å². The number of likely N-dealkylation sites (N-methyl/N-ethyl adjacent to an activating group) is 1. The fraction of sp³-hybridized carbons (Fsp3) is 0.846. The minimum Gasteiger partial charge on any atom is -0.480 e. The van der Waals surface area contributed by atoms with Gasteiger partial charge in [-0.05, 0) is 19.3 Å². The van der Waals surface area contributed by atoms with Crippen molar-refractivity contribution in [1.82, 2.24) is 4.90 Å². The lowest BCUT2D eigenvalue weighted by Gasteiger charge is -2.28. The number of carboxylic acid groups (broad SMARTS) is 1. The topological polar surface area (TPSA) is 66.8 Å². The average molecular weight is 257 g/mol. The van der Waals surface area contributed by atoms with Gasteiger partial charge in [-0.15, -0.1) is 0 Å². The van der Waals surface area contributed by atoms with Crippen molar-refractivity contribution in [2.75, 3.05) is 13.6 Å². The Labute approximate surface area is 108 Å². The molecule has 1 amide bonds. The summed E-state index contributed by atoms with van der Waals surface area (Å²) in [6.45, 7) is 1.61. The maximum absolute atomic E-state index is 12.0. The van der Waals surface area contributed by atoms with Crippen LogP contribution in [0.15, 0.2) is 0 Å². The van der Waals surface area contributed by atoms with E-state index in [1.54, 1.807) is 0 Å². The smallest absolute Gasteiger partial charge is 0.323 e. The van der Waals surface area contributed by atoms with Crippen LogP contribution in [-0.2, 0) is 14.3 Å². The summed E-state index contributed by atoms with van der Waals surface area (Å²) in [5, 5.41) is 8.67. The van der Waals surface area contributed by atoms with Crippen molar-refractivity contribution < 1.29 is 19.4 Å². The fourth-order valence-electron chi connectivity index (χ4n) is 2.29. The van der Waals surface area contributed by atoms with Crippen LogP contribution in [0.4, 0.5) is 0 Å². The molecule has 18 heavy (non-hydrogen) atoms. The van der Waals surface area contributed by atoms with Crippen LogP contribution in [0.2, 0.25) is 0 Å². The number of aliphatic carboxylic acids is 1. The van der Waals surface area contributed by atoms with Crippen LogP contribution in [0.5, 0.6) is 0 Å². The molecule has 1 atom stereocenters. The van der Waals surface area contributed by atoms with E-state index in [1.807, 2.05) is 6.92 Å². The molecule has 0 spiro atoms. The third-order valence-electron chi connectivity index (χ3n) is 3.30. The molecule has 0 aromatic carbocycles. The molecule has 0 aromatic heterocycles. The van der Waals surface area contributed by atoms with Crippen molar-refractivity contribution in [2.24, 2.45) is 0 Å². The highest BCUT2D eigenvalue weighted by molar-refractivity contribution is 5.84. The molecule has 1 aliphatic carbocycles. The Hall–Kier alpha value is -1.10. The van der Waals surface area contributed by atoms with Crippen molar-refractivity contribution in [3.05, 3.63) is 0 Å². The van der Waals surface area contributed by atoms with Gasteiger partial charge in [0.15, 0.2) is 0 Å². The van der Waals surface area contributed by atoms with Gasteiger partial charge in [-0.2, -0.15) is 0 Å². The summed E-state index contributed by atoms with van der Waals surface area (Å²) in [5.74, 6) is -1.23. The number of nitrogens with zero attached hydrogens (tertiary/aromatic N) is 1. The van der Waals surface area contributed by atoms with Gasteiger partial charge in [0.05, 0.1) is 6.10 Å². The lowest BCUT2D eigenvalue weighted by molar-refractivity contribution is -0.153. The summed E-state index contributed by atoms with van der Waals surface area (Å²) in [6, 6.07) is 0. The molecule has 1 rings (SSSR count). The summed E-state index contributed by atoms with van der Waals surface area (Å²) in [7, 11) is 1.50. The minimum atomic E-state index is -1.00. The second-order valence-electron chi connectivity index (χ2n) is 4.88. The van der Waals surface area contributed by atoms with Gasteiger partial charge in [0.2, 0.25) is 0 Å². The van der Waals surface area contributed by atoms with Gasteiger partial charge in [0.25, 0.3) is 5.91 Å². The molecule has 1 fully saturated rings. The van der Waals surface area contributed by atoms with Crippen molar-refractivity contribution >= 4 is 11.9 Å². The number of carbonyl (C=O) groups excluding carboxylic acids is 1. The molecule has 0 saturated heterocycles. The number of carbonyl (C=O) groups is 2. The zero-order chi connectivity index (χ0) is 13.5. The molecular formula is C13H23NO4. The Morgan fingerprint density at radius 2 is 1.94 bits per heavy atom. The van der Waals surface area contributed by atoms with Crippen molar-refractivity contribution in [2.45, 2.75) is 57.7 Å². The third-order valence-corrected chi connectivity index (χ3v) is 3.30. The van der Waals surface area contributed by atoms with Gasteiger partial charge in [0.1, 0.15) is 12.6 Å². The van der Waals surface area contributed by atoms with Gasteiger partial charge in [-0.3, -0.25) is 9.59 Å². The standard InChI is InChI=1S/C13H23NO4/c1-3-11(13(17)14(2)9-12(15)16)18-10-7-5-4-6-8-10/h10-11H,3-9H2,1-2H3,(H,15,16). The molecule has 1 unspecified atom stereocenters. The zero-order valence-corrected chi connectivity index (χ0v) is 11.2. The second kappa shape index (κ2) is 7.36. The highest BCUT2D eigenvalue weighted by Crippen LogP contribution is 2.22. The van der Waals surface area contributed by atoms with Gasteiger partial charge < -0.3 is 14.7 Å². The van der Waals surface area contributed by atoms with Crippen molar-refractivity contribution in [3.63, 3.8) is 0 Å². The van der Waals surface area contributed by atoms with E-state index in [9.17, 15) is 9.59 Å². The predicted molar refractivity (Wildman–Crippen MR) is 67.3 cm³/mol. The summed E-state index contributed by atoms with van der Waals surface area (Å²) in [4.78, 5) is 23.8. The van der Waals surface area contributed by atoms with Crippen LogP contribution < -0.4 is 0 Å². The number of hydrogen-bond acceptors (Lipinski definition) is 3. The van der Waals surface area contributed by atoms with Gasteiger partial charge in [-0.1, -0.05) is 26.2 Å². The minimum absolute atomic E-state index is 0.158. The molecule has 5 nitrogen and oxygen atoms in total. The maximum Gasteiger partial charge on any atom is 0.323 e. The lowest BCUT2D eigenvalue weighted by Crippen LogP contribution is -2.42. The van der Waals surface area contributed by atoms with Crippen LogP contribution in [0, 0.1) is 0 Å². The lowest BCUT2D eigenvalue weighted by atomic mass is 9.97. The Morgan fingerprint density at radius 3 is 2.44 bits per heavy atom. The number of hydrogen-bond donors (Lipinski definition) is 1. The van der Waals surface area contributed by atoms with E-state index in [2.05, 4.69) is 0 Å². The van der Waals surface area contributed by atoms with E-state index >= 15 is 0 Å². The zero-order valence-electron chi connectivity index (χ0n) is 11.2. The SMILES string of the molecule is CCC(OC1CCCCC1)C(=O)N(C)CC(=O)O. The van der Waals surface area contributed by atoms with E-state index in [4.69, 9.17) is 9.84 Å². The molecule has 0 aliphatic heterocycles. The molecule has 1 aliphatic rings. The predicted octanol–water partition coefficient (Wildman–Crippen LogP) is 1.66. The van der Waals surface area contributed by atoms with Crippen LogP contribution in [0.25, 0.3) is 0 Å². The molecule has 0 radical (unpaired) electrons. The molecule has 1 N–H and O–H groups in total. The first-order valence-corrected chi connectivity index (χ1v) is 6.66. The molecule has 104 valence electrons. The van der Waals surface area contributed by atoms with E-state index in [0.717, 1.165) is 25.7 Å². The first kappa shape index (κ1) is 15.0. The highest BCUT2D eigenvalue weighted by atomic mass is 16.5. The molecule has 0 heterocycles. The molecule has 0 bridgehead atoms. The number of ether oxygens (including phenoxy) is 1. The normalized spacial score (nSPS) is 18.3. The van der Waals surface area contributed by atoms with Crippen LogP contribution >= 0.6 is 0 Å². The van der Waals surface area contributed by atoms with Gasteiger partial charge in [-0.25, -0.2) is 0 Å². The fourth-order valence-corrected chi connectivity index (χ4v) is 2.29. The molecule has 5 heteroatoms. The first-order valence-electron chi connectivity index (χ1n) is 6.66. The number of rotatable bonds is 6. The van der Waals surface area contributed by atoms with Crippen molar-refractivity contribution in [1.29, 1.82) is 0 Å².